The van der Waals surface area contributed by atoms with Crippen molar-refractivity contribution in [1.82, 2.24) is 5.32 Å². The molecule has 1 aromatic heterocycles. The zero-order valence-electron chi connectivity index (χ0n) is 25.3. The molecule has 0 bridgehead atoms. The van der Waals surface area contributed by atoms with Gasteiger partial charge < -0.3 is 19.2 Å². The fourth-order valence-electron chi connectivity index (χ4n) is 5.81. The van der Waals surface area contributed by atoms with Crippen molar-refractivity contribution in [3.63, 3.8) is 0 Å². The van der Waals surface area contributed by atoms with Gasteiger partial charge in [-0.1, -0.05) is 42.5 Å². The van der Waals surface area contributed by atoms with Gasteiger partial charge in [0.15, 0.2) is 0 Å². The highest BCUT2D eigenvalue weighted by molar-refractivity contribution is 7.92. The summed E-state index contributed by atoms with van der Waals surface area (Å²) in [6.45, 7) is 2.13. The standard InChI is InChI=1S/C36H35N3O5S/c1-42-28-14-8-24(9-15-28)22-39(45(2,40)41)32-21-33-31(20-30(32)26-10-11-26)34(36-37-18-19-38-36)35(44-33)27-12-16-29(17-13-27)43-23-25-6-4-3-5-7-25/h3-9,12-17,20-21,26H,10-11,18-19,22-23H2,1-2H3,(H,37,38). The molecule has 8 nitrogen and oxygen atoms in total. The van der Waals surface area contributed by atoms with Gasteiger partial charge in [0.1, 0.15) is 35.3 Å². The number of methoxy groups -OCH3 is 1. The van der Waals surface area contributed by atoms with Crippen LogP contribution in [0, 0.1) is 0 Å². The van der Waals surface area contributed by atoms with Crippen LogP contribution in [0.25, 0.3) is 22.3 Å². The van der Waals surface area contributed by atoms with Gasteiger partial charge in [0.25, 0.3) is 0 Å². The molecule has 0 spiro atoms. The van der Waals surface area contributed by atoms with Crippen LogP contribution in [0.5, 0.6) is 11.5 Å². The number of ether oxygens (including phenoxy) is 2. The van der Waals surface area contributed by atoms with Crippen molar-refractivity contribution in [2.45, 2.75) is 31.9 Å². The zero-order chi connectivity index (χ0) is 31.0. The molecule has 2 aliphatic rings. The van der Waals surface area contributed by atoms with Gasteiger partial charge in [0.05, 0.1) is 37.7 Å². The number of hydrogen-bond donors (Lipinski definition) is 1. The smallest absolute Gasteiger partial charge is 0.232 e. The highest BCUT2D eigenvalue weighted by atomic mass is 32.2. The predicted molar refractivity (Wildman–Crippen MR) is 178 cm³/mol. The normalized spacial score (nSPS) is 14.7. The van der Waals surface area contributed by atoms with Crippen molar-refractivity contribution in [3.8, 4) is 22.8 Å². The molecule has 9 heteroatoms. The molecule has 1 saturated carbocycles. The fraction of sp³-hybridized carbons (Fsp3) is 0.250. The molecule has 0 unspecified atom stereocenters. The Kier molecular flexibility index (Phi) is 7.71. The lowest BCUT2D eigenvalue weighted by Crippen LogP contribution is -2.30. The number of fused-ring (bicyclic) bond motifs is 1. The first-order chi connectivity index (χ1) is 21.9. The number of benzene rings is 4. The number of anilines is 1. The van der Waals surface area contributed by atoms with Crippen molar-refractivity contribution >= 4 is 32.5 Å². The van der Waals surface area contributed by atoms with E-state index in [9.17, 15) is 8.42 Å². The van der Waals surface area contributed by atoms with Crippen molar-refractivity contribution in [1.29, 1.82) is 0 Å². The van der Waals surface area contributed by atoms with E-state index in [-0.39, 0.29) is 12.5 Å². The Bertz CT molecular complexity index is 1960. The van der Waals surface area contributed by atoms with Gasteiger partial charge in [0.2, 0.25) is 10.0 Å². The average Bonchev–Trinajstić information content (AvgIpc) is 3.63. The first-order valence-corrected chi connectivity index (χ1v) is 17.0. The van der Waals surface area contributed by atoms with Crippen LogP contribution >= 0.6 is 0 Å². The van der Waals surface area contributed by atoms with Crippen molar-refractivity contribution in [3.05, 3.63) is 113 Å². The lowest BCUT2D eigenvalue weighted by atomic mass is 10.00. The largest absolute Gasteiger partial charge is 0.497 e. The second-order valence-corrected chi connectivity index (χ2v) is 13.5. The predicted octanol–water partition coefficient (Wildman–Crippen LogP) is 6.88. The first kappa shape index (κ1) is 29.0. The van der Waals surface area contributed by atoms with E-state index in [0.717, 1.165) is 69.9 Å². The Hall–Kier alpha value is -4.76. The second kappa shape index (κ2) is 12.0. The molecule has 1 fully saturated rings. The Balaban J connectivity index is 1.30. The van der Waals surface area contributed by atoms with Gasteiger partial charge in [-0.2, -0.15) is 0 Å². The Morgan fingerprint density at radius 2 is 1.67 bits per heavy atom. The highest BCUT2D eigenvalue weighted by Crippen LogP contribution is 2.48. The molecule has 1 N–H and O–H groups in total. The van der Waals surface area contributed by atoms with Gasteiger partial charge >= 0.3 is 0 Å². The molecule has 7 rings (SSSR count). The summed E-state index contributed by atoms with van der Waals surface area (Å²) in [6.07, 6.45) is 3.29. The van der Waals surface area contributed by atoms with E-state index < -0.39 is 10.0 Å². The molecule has 0 saturated heterocycles. The summed E-state index contributed by atoms with van der Waals surface area (Å²) in [5, 5.41) is 4.35. The summed E-state index contributed by atoms with van der Waals surface area (Å²) in [4.78, 5) is 4.76. The van der Waals surface area contributed by atoms with Crippen LogP contribution in [0.2, 0.25) is 0 Å². The maximum Gasteiger partial charge on any atom is 0.232 e. The average molecular weight is 622 g/mol. The minimum atomic E-state index is -3.62. The van der Waals surface area contributed by atoms with Gasteiger partial charge in [-0.3, -0.25) is 9.30 Å². The van der Waals surface area contributed by atoms with Gasteiger partial charge in [-0.15, -0.1) is 0 Å². The van der Waals surface area contributed by atoms with Crippen LogP contribution in [0.15, 0.2) is 100 Å². The van der Waals surface area contributed by atoms with E-state index in [1.54, 1.807) is 7.11 Å². The third-order valence-electron chi connectivity index (χ3n) is 8.28. The van der Waals surface area contributed by atoms with Crippen molar-refractivity contribution in [2.75, 3.05) is 30.8 Å². The van der Waals surface area contributed by atoms with Gasteiger partial charge in [0, 0.05) is 23.6 Å². The van der Waals surface area contributed by atoms with Crippen LogP contribution in [0.1, 0.15) is 41.0 Å². The maximum absolute atomic E-state index is 13.3. The highest BCUT2D eigenvalue weighted by Gasteiger charge is 2.33. The minimum absolute atomic E-state index is 0.202. The number of amidine groups is 1. The lowest BCUT2D eigenvalue weighted by Gasteiger charge is -2.25. The summed E-state index contributed by atoms with van der Waals surface area (Å²) in [7, 11) is -2.01. The number of aliphatic imine (C=N–C) groups is 1. The summed E-state index contributed by atoms with van der Waals surface area (Å²) in [5.74, 6) is 3.25. The molecule has 1 aliphatic carbocycles. The lowest BCUT2D eigenvalue weighted by molar-refractivity contribution is 0.306. The number of furan rings is 1. The van der Waals surface area contributed by atoms with Crippen molar-refractivity contribution < 1.29 is 22.3 Å². The number of sulfonamides is 1. The van der Waals surface area contributed by atoms with Gasteiger partial charge in [-0.25, -0.2) is 8.42 Å². The summed E-state index contributed by atoms with van der Waals surface area (Å²) < 4.78 is 46.0. The van der Waals surface area contributed by atoms with Crippen LogP contribution in [-0.4, -0.2) is 40.7 Å². The van der Waals surface area contributed by atoms with E-state index >= 15 is 0 Å². The third kappa shape index (κ3) is 6.13. The van der Waals surface area contributed by atoms with E-state index in [1.165, 1.54) is 10.6 Å². The Labute approximate surface area is 263 Å². The number of rotatable bonds is 11. The summed E-state index contributed by atoms with van der Waals surface area (Å²) in [5.41, 5.74) is 6.03. The molecule has 1 aliphatic heterocycles. The fourth-order valence-corrected chi connectivity index (χ4v) is 6.71. The molecular weight excluding hydrogens is 586 g/mol. The molecule has 5 aromatic rings. The Morgan fingerprint density at radius 3 is 2.31 bits per heavy atom. The third-order valence-corrected chi connectivity index (χ3v) is 9.41. The van der Waals surface area contributed by atoms with Crippen LogP contribution in [-0.2, 0) is 23.2 Å². The van der Waals surface area contributed by atoms with Crippen LogP contribution < -0.4 is 19.1 Å². The maximum atomic E-state index is 13.3. The van der Waals surface area contributed by atoms with Crippen molar-refractivity contribution in [2.24, 2.45) is 4.99 Å². The van der Waals surface area contributed by atoms with E-state index in [0.29, 0.717) is 30.2 Å². The first-order valence-electron chi connectivity index (χ1n) is 15.1. The zero-order valence-corrected chi connectivity index (χ0v) is 26.1. The molecule has 230 valence electrons. The molecule has 4 aromatic carbocycles. The minimum Gasteiger partial charge on any atom is -0.497 e. The molecular formula is C36H35N3O5S. The van der Waals surface area contributed by atoms with Crippen LogP contribution in [0.3, 0.4) is 0 Å². The molecule has 2 heterocycles. The molecule has 0 amide bonds. The monoisotopic (exact) mass is 621 g/mol. The van der Waals surface area contributed by atoms with E-state index in [4.69, 9.17) is 18.9 Å². The molecule has 45 heavy (non-hydrogen) atoms. The van der Waals surface area contributed by atoms with Gasteiger partial charge in [-0.05, 0) is 77.9 Å². The molecule has 0 atom stereocenters. The van der Waals surface area contributed by atoms with E-state index in [2.05, 4.69) is 11.4 Å². The molecule has 0 radical (unpaired) electrons. The summed E-state index contributed by atoms with van der Waals surface area (Å²) >= 11 is 0. The quantitative estimate of drug-likeness (QED) is 0.173. The SMILES string of the molecule is COc1ccc(CN(c2cc3oc(-c4ccc(OCc5ccccc5)cc4)c(C4=NCCN4)c3cc2C2CC2)S(C)(=O)=O)cc1. The number of nitrogens with one attached hydrogen (secondary N) is 1. The topological polar surface area (TPSA) is 93.4 Å². The number of nitrogens with zero attached hydrogens (tertiary/aromatic N) is 2. The Morgan fingerprint density at radius 1 is 0.933 bits per heavy atom. The number of hydrogen-bond acceptors (Lipinski definition) is 7. The van der Waals surface area contributed by atoms with E-state index in [1.807, 2.05) is 84.9 Å². The summed E-state index contributed by atoms with van der Waals surface area (Å²) in [6, 6.07) is 29.4. The van der Waals surface area contributed by atoms with Crippen LogP contribution in [0.4, 0.5) is 5.69 Å². The second-order valence-electron chi connectivity index (χ2n) is 11.6.